The molecule has 17 nitrogen and oxygen atoms in total. The van der Waals surface area contributed by atoms with Gasteiger partial charge in [0.2, 0.25) is 11.9 Å². The molecular formula is C34H53N9O8. The number of hydrogen-bond acceptors (Lipinski definition) is 13. The van der Waals surface area contributed by atoms with Gasteiger partial charge in [-0.15, -0.1) is 0 Å². The molecule has 0 radical (unpaired) electrons. The van der Waals surface area contributed by atoms with Crippen LogP contribution in [0.1, 0.15) is 26.0 Å². The number of anilines is 2. The third kappa shape index (κ3) is 13.8. The van der Waals surface area contributed by atoms with Crippen LogP contribution in [0.4, 0.5) is 16.6 Å². The van der Waals surface area contributed by atoms with E-state index in [4.69, 9.17) is 28.7 Å². The predicted octanol–water partition coefficient (Wildman–Crippen LogP) is 1.34. The van der Waals surface area contributed by atoms with Gasteiger partial charge in [-0.3, -0.25) is 14.5 Å². The number of amides is 3. The van der Waals surface area contributed by atoms with E-state index in [1.165, 1.54) is 11.8 Å². The molecule has 2 aliphatic rings. The van der Waals surface area contributed by atoms with E-state index < -0.39 is 0 Å². The first-order valence-corrected chi connectivity index (χ1v) is 16.7. The molecule has 3 heterocycles. The van der Waals surface area contributed by atoms with Crippen molar-refractivity contribution in [2.45, 2.75) is 33.4 Å². The lowest BCUT2D eigenvalue weighted by molar-refractivity contribution is -0.132. The number of allylic oxidation sites excluding steroid dienone is 3. The van der Waals surface area contributed by atoms with E-state index in [2.05, 4.69) is 45.6 Å². The number of nitrogens with zero attached hydrogens (tertiary/aromatic N) is 7. The summed E-state index contributed by atoms with van der Waals surface area (Å²) in [6.45, 7) is 23.2. The lowest BCUT2D eigenvalue weighted by Gasteiger charge is -2.35. The fourth-order valence-corrected chi connectivity index (χ4v) is 5.13. The second kappa shape index (κ2) is 23.7. The molecule has 17 heteroatoms. The Bertz CT molecular complexity index is 1390. The summed E-state index contributed by atoms with van der Waals surface area (Å²) in [5.74, 6) is 1.28. The average Bonchev–Trinajstić information content (AvgIpc) is 3.49. The third-order valence-corrected chi connectivity index (χ3v) is 7.78. The van der Waals surface area contributed by atoms with Gasteiger partial charge in [0.05, 0.1) is 83.8 Å². The maximum absolute atomic E-state index is 12.8. The number of ketones is 1. The zero-order valence-corrected chi connectivity index (χ0v) is 30.2. The van der Waals surface area contributed by atoms with Crippen molar-refractivity contribution in [2.24, 2.45) is 10.2 Å². The Morgan fingerprint density at radius 3 is 2.12 bits per heavy atom. The number of Topliss-reactive ketones (excluding diaryl/α,β-unsaturated/α-hetero) is 1. The molecule has 2 N–H and O–H groups in total. The van der Waals surface area contributed by atoms with Gasteiger partial charge in [-0.1, -0.05) is 19.2 Å². The number of carbonyl (C=O) groups excluding carboxylic acids is 4. The fraction of sp³-hybridized carbons (Fsp3) is 0.559. The van der Waals surface area contributed by atoms with Crippen LogP contribution in [0.2, 0.25) is 0 Å². The zero-order chi connectivity index (χ0) is 37.6. The molecule has 3 amide bonds. The monoisotopic (exact) mass is 715 g/mol. The second-order valence-electron chi connectivity index (χ2n) is 11.3. The summed E-state index contributed by atoms with van der Waals surface area (Å²) in [4.78, 5) is 54.8. The zero-order valence-electron chi connectivity index (χ0n) is 30.2. The molecule has 0 spiro atoms. The van der Waals surface area contributed by atoms with Crippen LogP contribution in [0.3, 0.4) is 0 Å². The van der Waals surface area contributed by atoms with Crippen molar-refractivity contribution in [1.82, 2.24) is 25.1 Å². The number of imidazole rings is 1. The molecule has 1 aromatic rings. The highest BCUT2D eigenvalue weighted by Gasteiger charge is 2.31. The highest BCUT2D eigenvalue weighted by Crippen LogP contribution is 2.29. The van der Waals surface area contributed by atoms with Crippen molar-refractivity contribution in [3.63, 3.8) is 0 Å². The number of ether oxygens (including phenoxy) is 4. The van der Waals surface area contributed by atoms with Gasteiger partial charge < -0.3 is 48.7 Å². The van der Waals surface area contributed by atoms with Crippen molar-refractivity contribution in [1.29, 1.82) is 0 Å². The number of piperazine rings is 1. The third-order valence-electron chi connectivity index (χ3n) is 7.78. The quantitative estimate of drug-likeness (QED) is 0.0549. The number of aromatic nitrogens is 2. The van der Waals surface area contributed by atoms with E-state index >= 15 is 0 Å². The Morgan fingerprint density at radius 2 is 1.55 bits per heavy atom. The number of urea groups is 1. The summed E-state index contributed by atoms with van der Waals surface area (Å²) in [5.41, 5.74) is 2.69. The molecule has 3 rings (SSSR count). The highest BCUT2D eigenvalue weighted by molar-refractivity contribution is 5.97. The molecule has 2 aliphatic heterocycles. The number of fused-ring (bicyclic) bond motifs is 1. The van der Waals surface area contributed by atoms with Gasteiger partial charge in [0.15, 0.2) is 11.6 Å². The Morgan fingerprint density at radius 1 is 0.961 bits per heavy atom. The van der Waals surface area contributed by atoms with Gasteiger partial charge in [-0.05, 0) is 19.9 Å². The van der Waals surface area contributed by atoms with Crippen LogP contribution in [-0.2, 0) is 46.4 Å². The molecule has 1 aromatic heterocycles. The van der Waals surface area contributed by atoms with E-state index in [9.17, 15) is 14.4 Å². The maximum atomic E-state index is 12.8. The molecule has 0 aromatic carbocycles. The first kappa shape index (κ1) is 42.5. The molecular weight excluding hydrogens is 662 g/mol. The van der Waals surface area contributed by atoms with Crippen molar-refractivity contribution in [2.75, 3.05) is 102 Å². The first-order valence-electron chi connectivity index (χ1n) is 16.7. The van der Waals surface area contributed by atoms with Gasteiger partial charge in [0, 0.05) is 57.8 Å². The van der Waals surface area contributed by atoms with Crippen LogP contribution in [0, 0.1) is 0 Å². The summed E-state index contributed by atoms with van der Waals surface area (Å²) in [6, 6.07) is -0.203. The number of carbonyl (C=O) groups is 4. The SMILES string of the molecule is C=C/C=C(/NCCOCCOCCOCCOCCC(=O)N1CCN(c2nc3c(n2C/C(C)=N/N=C)CNC(=O)N3C)CC1)C(=C)C(C)=O.C=O. The van der Waals surface area contributed by atoms with Crippen molar-refractivity contribution < 1.29 is 38.1 Å². The Balaban J connectivity index is 0.00000442. The normalized spacial score (nSPS) is 14.6. The average molecular weight is 716 g/mol. The smallest absolute Gasteiger partial charge is 0.323 e. The van der Waals surface area contributed by atoms with Crippen LogP contribution >= 0.6 is 0 Å². The van der Waals surface area contributed by atoms with Gasteiger partial charge in [0.25, 0.3) is 0 Å². The van der Waals surface area contributed by atoms with Gasteiger partial charge >= 0.3 is 6.03 Å². The summed E-state index contributed by atoms with van der Waals surface area (Å²) in [7, 11) is 1.69. The largest absolute Gasteiger partial charge is 0.382 e. The first-order chi connectivity index (χ1) is 24.7. The molecule has 0 atom stereocenters. The van der Waals surface area contributed by atoms with Crippen molar-refractivity contribution >= 4 is 48.7 Å². The van der Waals surface area contributed by atoms with Crippen LogP contribution in [0.15, 0.2) is 46.8 Å². The summed E-state index contributed by atoms with van der Waals surface area (Å²) in [6.07, 6.45) is 3.60. The summed E-state index contributed by atoms with van der Waals surface area (Å²) < 4.78 is 24.2. The molecule has 0 bridgehead atoms. The number of nitrogens with one attached hydrogen (secondary N) is 2. The topological polar surface area (TPSA) is 182 Å². The van der Waals surface area contributed by atoms with E-state index in [1.54, 1.807) is 19.2 Å². The molecule has 0 aliphatic carbocycles. The minimum absolute atomic E-state index is 0.0411. The highest BCUT2D eigenvalue weighted by atomic mass is 16.6. The minimum Gasteiger partial charge on any atom is -0.382 e. The Kier molecular flexibility index (Phi) is 19.7. The van der Waals surface area contributed by atoms with Crippen LogP contribution in [-0.4, -0.2) is 144 Å². The van der Waals surface area contributed by atoms with Gasteiger partial charge in [0.1, 0.15) is 6.79 Å². The molecule has 282 valence electrons. The van der Waals surface area contributed by atoms with Crippen LogP contribution < -0.4 is 20.4 Å². The second-order valence-corrected chi connectivity index (χ2v) is 11.3. The van der Waals surface area contributed by atoms with Crippen LogP contribution in [0.25, 0.3) is 0 Å². The molecule has 0 saturated carbocycles. The van der Waals surface area contributed by atoms with Crippen molar-refractivity contribution in [3.8, 4) is 0 Å². The summed E-state index contributed by atoms with van der Waals surface area (Å²) in [5, 5.41) is 13.7. The van der Waals surface area contributed by atoms with E-state index in [-0.39, 0.29) is 17.7 Å². The van der Waals surface area contributed by atoms with Gasteiger partial charge in [-0.25, -0.2) is 4.79 Å². The molecule has 1 saturated heterocycles. The molecule has 0 unspecified atom stereocenters. The van der Waals surface area contributed by atoms with Crippen molar-refractivity contribution in [3.05, 3.63) is 42.3 Å². The van der Waals surface area contributed by atoms with E-state index in [1.807, 2.05) is 23.2 Å². The minimum atomic E-state index is -0.203. The molecule has 1 fully saturated rings. The lowest BCUT2D eigenvalue weighted by atomic mass is 10.1. The maximum Gasteiger partial charge on any atom is 0.323 e. The lowest BCUT2D eigenvalue weighted by Crippen LogP contribution is -2.49. The molecule has 51 heavy (non-hydrogen) atoms. The Labute approximate surface area is 300 Å². The Hall–Kier alpha value is -4.71. The number of rotatable bonds is 23. The van der Waals surface area contributed by atoms with Crippen LogP contribution in [0.5, 0.6) is 0 Å². The van der Waals surface area contributed by atoms with Gasteiger partial charge in [-0.2, -0.15) is 15.2 Å². The summed E-state index contributed by atoms with van der Waals surface area (Å²) >= 11 is 0. The fourth-order valence-electron chi connectivity index (χ4n) is 5.13. The van der Waals surface area contributed by atoms with E-state index in [0.717, 1.165) is 17.4 Å². The predicted molar refractivity (Wildman–Crippen MR) is 195 cm³/mol. The number of hydrogen-bond donors (Lipinski definition) is 2. The standard InChI is InChI=1S/C33H51N9O7.CH2O/c1-7-8-28(26(3)27(4)43)35-10-16-47-18-20-49-22-21-48-19-17-46-15-9-30(44)40-11-13-41(14-12-40)32-37-31-29(23-36-33(45)39(31)6)42(32)24-25(2)38-34-5;1-2/h7-8,35H,1,3,5,9-24H2,2,4,6H3,(H,36,45);1H2/b28-8+,38-25+;. The van der Waals surface area contributed by atoms with E-state index in [0.29, 0.717) is 122 Å².